The van der Waals surface area contributed by atoms with E-state index in [2.05, 4.69) is 21.1 Å². The first-order valence-electron chi connectivity index (χ1n) is 14.1. The van der Waals surface area contributed by atoms with Crippen LogP contribution in [0.1, 0.15) is 65.8 Å². The number of imidazole rings is 1. The molecule has 41 heavy (non-hydrogen) atoms. The highest BCUT2D eigenvalue weighted by atomic mass is 32.1. The number of hydrogen-bond acceptors (Lipinski definition) is 6. The van der Waals surface area contributed by atoms with E-state index in [-0.39, 0.29) is 17.7 Å². The fraction of sp³-hybridized carbons (Fsp3) is 0.281. The number of phenolic OH excluding ortho intramolecular Hbond substituents is 1. The largest absolute Gasteiger partial charge is 0.508 e. The Hall–Kier alpha value is -4.37. The van der Waals surface area contributed by atoms with Crippen molar-refractivity contribution < 1.29 is 14.3 Å². The third kappa shape index (κ3) is 4.80. The summed E-state index contributed by atoms with van der Waals surface area (Å²) in [4.78, 5) is 23.2. The first-order chi connectivity index (χ1) is 20.0. The number of aromatic hydroxyl groups is 1. The second kappa shape index (κ2) is 10.6. The van der Waals surface area contributed by atoms with Crippen LogP contribution >= 0.6 is 11.3 Å². The number of carbonyl (C=O) groups excluding carboxylic acids is 1. The smallest absolute Gasteiger partial charge is 0.251 e. The molecule has 1 aliphatic rings. The third-order valence-electron chi connectivity index (χ3n) is 8.26. The number of rotatable bonds is 7. The quantitative estimate of drug-likeness (QED) is 0.214. The second-order valence-corrected chi connectivity index (χ2v) is 11.6. The molecule has 4 heterocycles. The van der Waals surface area contributed by atoms with E-state index in [1.54, 1.807) is 30.2 Å². The predicted molar refractivity (Wildman–Crippen MR) is 160 cm³/mol. The van der Waals surface area contributed by atoms with Gasteiger partial charge in [-0.25, -0.2) is 9.97 Å². The van der Waals surface area contributed by atoms with Gasteiger partial charge in [0.05, 0.1) is 40.1 Å². The highest BCUT2D eigenvalue weighted by Crippen LogP contribution is 2.36. The normalized spacial score (nSPS) is 15.0. The van der Waals surface area contributed by atoms with Crippen molar-refractivity contribution in [2.75, 3.05) is 0 Å². The second-order valence-electron chi connectivity index (χ2n) is 10.9. The van der Waals surface area contributed by atoms with Crippen LogP contribution in [0.15, 0.2) is 76.5 Å². The summed E-state index contributed by atoms with van der Waals surface area (Å²) in [5.41, 5.74) is 7.99. The number of hydrogen-bond donors (Lipinski definition) is 2. The van der Waals surface area contributed by atoms with Gasteiger partial charge in [0, 0.05) is 47.6 Å². The molecule has 1 aliphatic carbocycles. The zero-order valence-corrected chi connectivity index (χ0v) is 23.6. The summed E-state index contributed by atoms with van der Waals surface area (Å²) < 4.78 is 9.78. The minimum absolute atomic E-state index is 0.176. The zero-order valence-electron chi connectivity index (χ0n) is 22.8. The van der Waals surface area contributed by atoms with Crippen molar-refractivity contribution in [2.24, 2.45) is 7.05 Å². The molecule has 9 heteroatoms. The van der Waals surface area contributed by atoms with Gasteiger partial charge in [-0.3, -0.25) is 4.79 Å². The van der Waals surface area contributed by atoms with Crippen molar-refractivity contribution >= 4 is 39.2 Å². The van der Waals surface area contributed by atoms with Gasteiger partial charge >= 0.3 is 0 Å². The summed E-state index contributed by atoms with van der Waals surface area (Å²) in [5.74, 6) is 0.928. The Morgan fingerprint density at radius 1 is 1.15 bits per heavy atom. The predicted octanol–water partition coefficient (Wildman–Crippen LogP) is 7.17. The van der Waals surface area contributed by atoms with Gasteiger partial charge in [-0.2, -0.15) is 0 Å². The van der Waals surface area contributed by atoms with Crippen LogP contribution in [0.2, 0.25) is 0 Å². The topological polar surface area (TPSA) is 98.1 Å². The van der Waals surface area contributed by atoms with Crippen LogP contribution in [-0.2, 0) is 13.5 Å². The Labute approximate surface area is 241 Å². The molecule has 0 aliphatic heterocycles. The van der Waals surface area contributed by atoms with Crippen molar-refractivity contribution in [3.05, 3.63) is 88.9 Å². The Morgan fingerprint density at radius 3 is 2.78 bits per heavy atom. The molecular weight excluding hydrogens is 534 g/mol. The van der Waals surface area contributed by atoms with Crippen molar-refractivity contribution in [2.45, 2.75) is 50.6 Å². The molecular formula is C32H31N5O3S. The molecule has 7 rings (SSSR count). The summed E-state index contributed by atoms with van der Waals surface area (Å²) in [5, 5.41) is 16.3. The van der Waals surface area contributed by atoms with Gasteiger partial charge in [0.1, 0.15) is 17.8 Å². The van der Waals surface area contributed by atoms with E-state index in [1.165, 1.54) is 30.6 Å². The molecule has 1 amide bonds. The lowest BCUT2D eigenvalue weighted by Crippen LogP contribution is -2.30. The van der Waals surface area contributed by atoms with Gasteiger partial charge < -0.3 is 24.0 Å². The van der Waals surface area contributed by atoms with Crippen molar-refractivity contribution in [3.63, 3.8) is 0 Å². The Bertz CT molecular complexity index is 1830. The number of phenols is 1. The SMILES string of the molecule is Cn1cc(C[C@H](NC(=O)c2ccc3c(c2)nc(-c2ccoc2)n3C2CCCCC2)c2cscn2)c2cc(O)ccc21. The van der Waals surface area contributed by atoms with E-state index < -0.39 is 0 Å². The van der Waals surface area contributed by atoms with E-state index in [4.69, 9.17) is 9.40 Å². The fourth-order valence-electron chi connectivity index (χ4n) is 6.25. The van der Waals surface area contributed by atoms with E-state index in [9.17, 15) is 9.90 Å². The molecule has 0 unspecified atom stereocenters. The number of aromatic nitrogens is 4. The van der Waals surface area contributed by atoms with Gasteiger partial charge in [0.2, 0.25) is 0 Å². The lowest BCUT2D eigenvalue weighted by Gasteiger charge is -2.25. The Balaban J connectivity index is 1.22. The van der Waals surface area contributed by atoms with Gasteiger partial charge in [0.25, 0.3) is 5.91 Å². The number of carbonyl (C=O) groups is 1. The van der Waals surface area contributed by atoms with E-state index >= 15 is 0 Å². The number of furan rings is 1. The lowest BCUT2D eigenvalue weighted by molar-refractivity contribution is 0.0936. The standard InChI is InChI=1S/C32H31N5O3S/c1-36-16-22(25-15-24(38)8-10-29(25)36)14-26(28-18-41-19-33-28)35-32(39)20-7-9-30-27(13-20)34-31(21-11-12-40-17-21)37(30)23-5-3-2-4-6-23/h7-13,15-19,23,26,38H,2-6,14H2,1H3,(H,35,39)/t26-/m0/s1. The molecule has 0 radical (unpaired) electrons. The number of fused-ring (bicyclic) bond motifs is 2. The molecule has 2 aromatic carbocycles. The molecule has 8 nitrogen and oxygen atoms in total. The maximum absolute atomic E-state index is 13.7. The highest BCUT2D eigenvalue weighted by molar-refractivity contribution is 7.07. The summed E-state index contributed by atoms with van der Waals surface area (Å²) in [6, 6.07) is 13.2. The minimum Gasteiger partial charge on any atom is -0.508 e. The average molecular weight is 566 g/mol. The maximum atomic E-state index is 13.7. The number of benzene rings is 2. The Morgan fingerprint density at radius 2 is 2.00 bits per heavy atom. The summed E-state index contributed by atoms with van der Waals surface area (Å²) >= 11 is 1.50. The highest BCUT2D eigenvalue weighted by Gasteiger charge is 2.25. The van der Waals surface area contributed by atoms with Crippen LogP contribution in [0.3, 0.4) is 0 Å². The monoisotopic (exact) mass is 565 g/mol. The first kappa shape index (κ1) is 25.6. The van der Waals surface area contributed by atoms with Crippen LogP contribution in [0.25, 0.3) is 33.3 Å². The fourth-order valence-corrected chi connectivity index (χ4v) is 6.86. The summed E-state index contributed by atoms with van der Waals surface area (Å²) in [7, 11) is 1.98. The number of thiazole rings is 1. The molecule has 2 N–H and O–H groups in total. The number of nitrogens with zero attached hydrogens (tertiary/aromatic N) is 4. The molecule has 208 valence electrons. The molecule has 0 saturated heterocycles. The zero-order chi connectivity index (χ0) is 27.9. The van der Waals surface area contributed by atoms with Gasteiger partial charge in [-0.15, -0.1) is 11.3 Å². The van der Waals surface area contributed by atoms with Crippen molar-refractivity contribution in [1.82, 2.24) is 24.4 Å². The molecule has 1 fully saturated rings. The summed E-state index contributed by atoms with van der Waals surface area (Å²) in [6.45, 7) is 0. The molecule has 0 spiro atoms. The van der Waals surface area contributed by atoms with Gasteiger partial charge in [0.15, 0.2) is 0 Å². The summed E-state index contributed by atoms with van der Waals surface area (Å²) in [6.07, 6.45) is 12.0. The lowest BCUT2D eigenvalue weighted by atomic mass is 9.95. The van der Waals surface area contributed by atoms with Gasteiger partial charge in [-0.1, -0.05) is 19.3 Å². The molecule has 4 aromatic heterocycles. The number of aryl methyl sites for hydroxylation is 1. The van der Waals surface area contributed by atoms with Crippen molar-refractivity contribution in [3.8, 4) is 17.1 Å². The number of amides is 1. The molecule has 1 saturated carbocycles. The third-order valence-corrected chi connectivity index (χ3v) is 8.87. The molecule has 0 bridgehead atoms. The van der Waals surface area contributed by atoms with Crippen LogP contribution in [0.5, 0.6) is 5.75 Å². The van der Waals surface area contributed by atoms with E-state index in [1.807, 2.05) is 47.3 Å². The van der Waals surface area contributed by atoms with Crippen LogP contribution in [0, 0.1) is 0 Å². The Kier molecular flexibility index (Phi) is 6.59. The van der Waals surface area contributed by atoms with Crippen LogP contribution in [-0.4, -0.2) is 30.1 Å². The van der Waals surface area contributed by atoms with E-state index in [0.29, 0.717) is 18.0 Å². The average Bonchev–Trinajstić information content (AvgIpc) is 3.80. The maximum Gasteiger partial charge on any atom is 0.251 e. The minimum atomic E-state index is -0.335. The van der Waals surface area contributed by atoms with Gasteiger partial charge in [-0.05, 0) is 60.9 Å². The van der Waals surface area contributed by atoms with E-state index in [0.717, 1.165) is 57.4 Å². The van der Waals surface area contributed by atoms with Crippen molar-refractivity contribution in [1.29, 1.82) is 0 Å². The number of nitrogens with one attached hydrogen (secondary N) is 1. The van der Waals surface area contributed by atoms with Crippen LogP contribution in [0.4, 0.5) is 0 Å². The molecule has 1 atom stereocenters. The first-order valence-corrected chi connectivity index (χ1v) is 15.0. The molecule has 6 aromatic rings. The van der Waals surface area contributed by atoms with Crippen LogP contribution < -0.4 is 5.32 Å².